The Morgan fingerprint density at radius 2 is 2.22 bits per heavy atom. The van der Waals surface area contributed by atoms with Gasteiger partial charge in [-0.25, -0.2) is 9.59 Å². The quantitative estimate of drug-likeness (QED) is 0.747. The highest BCUT2D eigenvalue weighted by molar-refractivity contribution is 5.93. The predicted octanol–water partition coefficient (Wildman–Crippen LogP) is 0.760. The highest BCUT2D eigenvalue weighted by atomic mass is 16.5. The Bertz CT molecular complexity index is 504. The highest BCUT2D eigenvalue weighted by Gasteiger charge is 2.35. The normalized spacial score (nSPS) is 28.7. The van der Waals surface area contributed by atoms with Crippen LogP contribution in [0.1, 0.15) is 32.6 Å². The van der Waals surface area contributed by atoms with E-state index in [9.17, 15) is 9.59 Å². The molecule has 0 aromatic rings. The predicted molar refractivity (Wildman–Crippen MR) is 83.8 cm³/mol. The fourth-order valence-corrected chi connectivity index (χ4v) is 3.66. The van der Waals surface area contributed by atoms with Crippen molar-refractivity contribution in [2.45, 2.75) is 44.8 Å². The number of esters is 1. The molecule has 2 fully saturated rings. The maximum absolute atomic E-state index is 12.1. The molecule has 7 nitrogen and oxygen atoms in total. The average molecular weight is 323 g/mol. The van der Waals surface area contributed by atoms with Crippen LogP contribution in [0.3, 0.4) is 0 Å². The average Bonchev–Trinajstić information content (AvgIpc) is 2.55. The lowest BCUT2D eigenvalue weighted by Gasteiger charge is -2.44. The molecule has 1 saturated carbocycles. The third kappa shape index (κ3) is 3.67. The molecular weight excluding hydrogens is 298 g/mol. The van der Waals surface area contributed by atoms with Crippen molar-refractivity contribution in [3.63, 3.8) is 0 Å². The molecule has 0 aromatic heterocycles. The molecule has 2 N–H and O–H groups in total. The number of urea groups is 1. The zero-order valence-corrected chi connectivity index (χ0v) is 13.6. The van der Waals surface area contributed by atoms with Crippen molar-refractivity contribution < 1.29 is 19.1 Å². The van der Waals surface area contributed by atoms with Crippen molar-refractivity contribution in [1.82, 2.24) is 15.5 Å². The SMILES string of the molecule is CCOC(=O)C1=C(CN2CCO[C@H]3CCCC[C@@H]32)NC(=O)NC1. The lowest BCUT2D eigenvalue weighted by molar-refractivity contribution is -0.138. The van der Waals surface area contributed by atoms with Crippen molar-refractivity contribution in [2.75, 3.05) is 32.8 Å². The van der Waals surface area contributed by atoms with E-state index in [4.69, 9.17) is 9.47 Å². The van der Waals surface area contributed by atoms with Gasteiger partial charge in [-0.1, -0.05) is 12.8 Å². The molecule has 128 valence electrons. The maximum Gasteiger partial charge on any atom is 0.337 e. The van der Waals surface area contributed by atoms with E-state index in [2.05, 4.69) is 15.5 Å². The Kier molecular flexibility index (Phi) is 5.17. The molecule has 0 unspecified atom stereocenters. The van der Waals surface area contributed by atoms with E-state index in [1.54, 1.807) is 6.92 Å². The Balaban J connectivity index is 1.76. The van der Waals surface area contributed by atoms with Crippen LogP contribution in [-0.2, 0) is 14.3 Å². The monoisotopic (exact) mass is 323 g/mol. The summed E-state index contributed by atoms with van der Waals surface area (Å²) >= 11 is 0. The molecule has 0 aromatic carbocycles. The molecule has 2 aliphatic heterocycles. The highest BCUT2D eigenvalue weighted by Crippen LogP contribution is 2.29. The number of carbonyl (C=O) groups excluding carboxylic acids is 2. The molecule has 0 spiro atoms. The summed E-state index contributed by atoms with van der Waals surface area (Å²) in [6.45, 7) is 4.41. The van der Waals surface area contributed by atoms with Crippen LogP contribution in [0.25, 0.3) is 0 Å². The molecule has 2 heterocycles. The van der Waals surface area contributed by atoms with Gasteiger partial charge in [0.05, 0.1) is 31.4 Å². The first-order valence-electron chi connectivity index (χ1n) is 8.48. The number of nitrogens with zero attached hydrogens (tertiary/aromatic N) is 1. The van der Waals surface area contributed by atoms with Crippen molar-refractivity contribution in [3.05, 3.63) is 11.3 Å². The van der Waals surface area contributed by atoms with Crippen molar-refractivity contribution >= 4 is 12.0 Å². The number of nitrogens with one attached hydrogen (secondary N) is 2. The molecule has 7 heteroatoms. The first kappa shape index (κ1) is 16.3. The molecular formula is C16H25N3O4. The third-order valence-corrected chi connectivity index (χ3v) is 4.78. The van der Waals surface area contributed by atoms with Crippen molar-refractivity contribution in [3.8, 4) is 0 Å². The largest absolute Gasteiger partial charge is 0.463 e. The maximum atomic E-state index is 12.1. The number of morpholine rings is 1. The Hall–Kier alpha value is -1.60. The van der Waals surface area contributed by atoms with E-state index < -0.39 is 0 Å². The lowest BCUT2D eigenvalue weighted by Crippen LogP contribution is -2.55. The van der Waals surface area contributed by atoms with Gasteiger partial charge in [0.1, 0.15) is 0 Å². The summed E-state index contributed by atoms with van der Waals surface area (Å²) < 4.78 is 11.0. The summed E-state index contributed by atoms with van der Waals surface area (Å²) in [6.07, 6.45) is 4.91. The van der Waals surface area contributed by atoms with E-state index in [0.29, 0.717) is 37.1 Å². The zero-order valence-electron chi connectivity index (χ0n) is 13.6. The summed E-state index contributed by atoms with van der Waals surface area (Å²) in [5, 5.41) is 5.44. The molecule has 3 rings (SSSR count). The number of fused-ring (bicyclic) bond motifs is 1. The first-order chi connectivity index (χ1) is 11.2. The van der Waals surface area contributed by atoms with Gasteiger partial charge in [0.15, 0.2) is 0 Å². The summed E-state index contributed by atoms with van der Waals surface area (Å²) in [6, 6.07) is 0.113. The van der Waals surface area contributed by atoms with E-state index in [0.717, 1.165) is 19.4 Å². The van der Waals surface area contributed by atoms with Crippen LogP contribution in [-0.4, -0.2) is 61.9 Å². The van der Waals surface area contributed by atoms with Gasteiger partial charge in [-0.2, -0.15) is 0 Å². The molecule has 1 saturated heterocycles. The zero-order chi connectivity index (χ0) is 16.2. The number of hydrogen-bond acceptors (Lipinski definition) is 5. The van der Waals surface area contributed by atoms with Crippen LogP contribution in [0, 0.1) is 0 Å². The topological polar surface area (TPSA) is 79.9 Å². The molecule has 2 atom stereocenters. The molecule has 0 radical (unpaired) electrons. The van der Waals surface area contributed by atoms with Crippen LogP contribution in [0.15, 0.2) is 11.3 Å². The second kappa shape index (κ2) is 7.31. The van der Waals surface area contributed by atoms with Gasteiger partial charge in [0.25, 0.3) is 0 Å². The van der Waals surface area contributed by atoms with Gasteiger partial charge in [0.2, 0.25) is 0 Å². The Morgan fingerprint density at radius 3 is 3.04 bits per heavy atom. The molecule has 0 bridgehead atoms. The van der Waals surface area contributed by atoms with E-state index in [1.807, 2.05) is 0 Å². The van der Waals surface area contributed by atoms with Crippen LogP contribution in [0.5, 0.6) is 0 Å². The fourth-order valence-electron chi connectivity index (χ4n) is 3.66. The van der Waals surface area contributed by atoms with Crippen molar-refractivity contribution in [1.29, 1.82) is 0 Å². The number of carbonyl (C=O) groups is 2. The summed E-state index contributed by atoms with van der Waals surface area (Å²) in [5.74, 6) is -0.358. The number of amides is 2. The number of rotatable bonds is 4. The van der Waals surface area contributed by atoms with Gasteiger partial charge in [-0.05, 0) is 19.8 Å². The van der Waals surface area contributed by atoms with Crippen molar-refractivity contribution in [2.24, 2.45) is 0 Å². The summed E-state index contributed by atoms with van der Waals surface area (Å²) in [7, 11) is 0. The Labute approximate surface area is 136 Å². The van der Waals surface area contributed by atoms with Gasteiger partial charge in [-0.15, -0.1) is 0 Å². The molecule has 2 amide bonds. The number of ether oxygens (including phenoxy) is 2. The second-order valence-electron chi connectivity index (χ2n) is 6.22. The summed E-state index contributed by atoms with van der Waals surface area (Å²) in [5.41, 5.74) is 1.18. The van der Waals surface area contributed by atoms with Gasteiger partial charge in [-0.3, -0.25) is 4.90 Å². The molecule has 3 aliphatic rings. The standard InChI is InChI=1S/C16H25N3O4/c1-2-22-15(20)11-9-17-16(21)18-12(11)10-19-7-8-23-14-6-4-3-5-13(14)19/h13-14H,2-10H2,1H3,(H2,17,18,21)/t13-,14-/m0/s1. The minimum absolute atomic E-state index is 0.221. The van der Waals surface area contributed by atoms with E-state index in [-0.39, 0.29) is 24.6 Å². The van der Waals surface area contributed by atoms with Crippen LogP contribution >= 0.6 is 0 Å². The minimum Gasteiger partial charge on any atom is -0.463 e. The lowest BCUT2D eigenvalue weighted by atomic mass is 9.90. The molecule has 23 heavy (non-hydrogen) atoms. The van der Waals surface area contributed by atoms with E-state index >= 15 is 0 Å². The number of hydrogen-bond donors (Lipinski definition) is 2. The minimum atomic E-state index is -0.358. The van der Waals surface area contributed by atoms with Crippen LogP contribution < -0.4 is 10.6 Å². The van der Waals surface area contributed by atoms with Crippen LogP contribution in [0.2, 0.25) is 0 Å². The third-order valence-electron chi connectivity index (χ3n) is 4.78. The second-order valence-corrected chi connectivity index (χ2v) is 6.22. The van der Waals surface area contributed by atoms with E-state index in [1.165, 1.54) is 12.8 Å². The van der Waals surface area contributed by atoms with Gasteiger partial charge in [0, 0.05) is 24.8 Å². The van der Waals surface area contributed by atoms with Gasteiger partial charge < -0.3 is 20.1 Å². The molecule has 1 aliphatic carbocycles. The smallest absolute Gasteiger partial charge is 0.337 e. The first-order valence-corrected chi connectivity index (χ1v) is 8.48. The Morgan fingerprint density at radius 1 is 1.39 bits per heavy atom. The van der Waals surface area contributed by atoms with Crippen LogP contribution in [0.4, 0.5) is 4.79 Å². The van der Waals surface area contributed by atoms with Gasteiger partial charge >= 0.3 is 12.0 Å². The summed E-state index contributed by atoms with van der Waals surface area (Å²) in [4.78, 5) is 26.1. The fraction of sp³-hybridized carbons (Fsp3) is 0.750.